The summed E-state index contributed by atoms with van der Waals surface area (Å²) in [6, 6.07) is 6.92. The number of benzene rings is 1. The standard InChI is InChI=1S/C20H24N4O2/c1-22-9-12(10-24-11-18(25)23(2)20(24)26)6-15-14-4-3-5-16-19(14)13(8-21-16)7-17(15)22/h3-5,8,12,15,17,21H,6-7,9-11H2,1-2H3/t12?,15-,17-/m1/s1. The lowest BCUT2D eigenvalue weighted by Crippen LogP contribution is -2.50. The molecule has 2 fully saturated rings. The van der Waals surface area contributed by atoms with Crippen LogP contribution in [0.4, 0.5) is 4.79 Å². The van der Waals surface area contributed by atoms with Gasteiger partial charge in [-0.05, 0) is 43.0 Å². The minimum Gasteiger partial charge on any atom is -0.361 e. The number of hydrogen-bond donors (Lipinski definition) is 1. The molecule has 1 aromatic carbocycles. The number of aromatic nitrogens is 1. The molecule has 1 unspecified atom stereocenters. The molecule has 1 aromatic heterocycles. The topological polar surface area (TPSA) is 59.7 Å². The minimum atomic E-state index is -0.154. The van der Waals surface area contributed by atoms with E-state index in [0.717, 1.165) is 19.4 Å². The van der Waals surface area contributed by atoms with Crippen LogP contribution in [0.2, 0.25) is 0 Å². The molecule has 26 heavy (non-hydrogen) atoms. The van der Waals surface area contributed by atoms with Gasteiger partial charge in [0, 0.05) is 49.2 Å². The van der Waals surface area contributed by atoms with E-state index in [2.05, 4.69) is 41.3 Å². The lowest BCUT2D eigenvalue weighted by Gasteiger charge is -2.46. The van der Waals surface area contributed by atoms with Crippen molar-refractivity contribution in [2.75, 3.05) is 33.7 Å². The quantitative estimate of drug-likeness (QED) is 0.842. The third-order valence-corrected chi connectivity index (χ3v) is 6.55. The number of nitrogens with zero attached hydrogens (tertiary/aromatic N) is 3. The van der Waals surface area contributed by atoms with Gasteiger partial charge in [0.1, 0.15) is 6.54 Å². The van der Waals surface area contributed by atoms with Gasteiger partial charge in [0.2, 0.25) is 5.91 Å². The van der Waals surface area contributed by atoms with E-state index in [0.29, 0.717) is 24.4 Å². The number of carbonyl (C=O) groups is 2. The first-order chi connectivity index (χ1) is 12.5. The lowest BCUT2D eigenvalue weighted by molar-refractivity contribution is -0.124. The van der Waals surface area contributed by atoms with Gasteiger partial charge in [-0.3, -0.25) is 9.69 Å². The van der Waals surface area contributed by atoms with Gasteiger partial charge in [-0.2, -0.15) is 0 Å². The van der Waals surface area contributed by atoms with E-state index in [4.69, 9.17) is 0 Å². The summed E-state index contributed by atoms with van der Waals surface area (Å²) in [6.45, 7) is 1.86. The van der Waals surface area contributed by atoms with Crippen molar-refractivity contribution in [3.8, 4) is 0 Å². The molecule has 3 atom stereocenters. The molecular weight excluding hydrogens is 328 g/mol. The number of likely N-dealkylation sites (tertiary alicyclic amines) is 1. The zero-order valence-corrected chi connectivity index (χ0v) is 15.2. The van der Waals surface area contributed by atoms with Crippen molar-refractivity contribution in [3.63, 3.8) is 0 Å². The van der Waals surface area contributed by atoms with E-state index in [-0.39, 0.29) is 18.5 Å². The van der Waals surface area contributed by atoms with Crippen LogP contribution in [0.3, 0.4) is 0 Å². The molecule has 0 spiro atoms. The van der Waals surface area contributed by atoms with Crippen LogP contribution in [-0.4, -0.2) is 71.4 Å². The smallest absolute Gasteiger partial charge is 0.326 e. The number of carbonyl (C=O) groups excluding carboxylic acids is 2. The van der Waals surface area contributed by atoms with Crippen molar-refractivity contribution in [1.82, 2.24) is 19.7 Å². The fourth-order valence-electron chi connectivity index (χ4n) is 5.30. The van der Waals surface area contributed by atoms with Gasteiger partial charge in [-0.1, -0.05) is 12.1 Å². The molecule has 2 saturated heterocycles. The number of nitrogens with one attached hydrogen (secondary N) is 1. The molecular formula is C20H24N4O2. The Bertz CT molecular complexity index is 904. The number of H-pyrrole nitrogens is 1. The summed E-state index contributed by atoms with van der Waals surface area (Å²) in [7, 11) is 3.77. The number of aromatic amines is 1. The van der Waals surface area contributed by atoms with Gasteiger partial charge >= 0.3 is 6.03 Å². The van der Waals surface area contributed by atoms with Crippen LogP contribution in [0.15, 0.2) is 24.4 Å². The molecule has 2 aliphatic heterocycles. The fourth-order valence-corrected chi connectivity index (χ4v) is 5.30. The summed E-state index contributed by atoms with van der Waals surface area (Å²) >= 11 is 0. The molecule has 3 aliphatic rings. The third-order valence-electron chi connectivity index (χ3n) is 6.55. The number of fused-ring (bicyclic) bond motifs is 2. The van der Waals surface area contributed by atoms with Crippen LogP contribution in [0, 0.1) is 5.92 Å². The van der Waals surface area contributed by atoms with Crippen molar-refractivity contribution in [3.05, 3.63) is 35.5 Å². The Hall–Kier alpha value is -2.34. The Kier molecular flexibility index (Phi) is 3.41. The zero-order chi connectivity index (χ0) is 18.0. The number of piperidine rings is 1. The number of urea groups is 1. The maximum Gasteiger partial charge on any atom is 0.326 e. The summed E-state index contributed by atoms with van der Waals surface area (Å²) in [5, 5.41) is 1.40. The molecule has 3 amide bonds. The number of hydrogen-bond acceptors (Lipinski definition) is 3. The predicted molar refractivity (Wildman–Crippen MR) is 99.0 cm³/mol. The highest BCUT2D eigenvalue weighted by atomic mass is 16.2. The molecule has 0 radical (unpaired) electrons. The number of rotatable bonds is 2. The maximum atomic E-state index is 12.2. The predicted octanol–water partition coefficient (Wildman–Crippen LogP) is 2.02. The largest absolute Gasteiger partial charge is 0.361 e. The average molecular weight is 352 g/mol. The van der Waals surface area contributed by atoms with Gasteiger partial charge in [-0.15, -0.1) is 0 Å². The fraction of sp³-hybridized carbons (Fsp3) is 0.500. The third kappa shape index (κ3) is 2.21. The maximum absolute atomic E-state index is 12.2. The van der Waals surface area contributed by atoms with Gasteiger partial charge in [0.25, 0.3) is 0 Å². The second-order valence-electron chi connectivity index (χ2n) is 8.12. The Morgan fingerprint density at radius 1 is 1.23 bits per heavy atom. The first-order valence-electron chi connectivity index (χ1n) is 9.37. The summed E-state index contributed by atoms with van der Waals surface area (Å²) in [5.41, 5.74) is 4.08. The monoisotopic (exact) mass is 352 g/mol. The Balaban J connectivity index is 1.43. The summed E-state index contributed by atoms with van der Waals surface area (Å²) < 4.78 is 0. The second-order valence-corrected chi connectivity index (χ2v) is 8.12. The molecule has 5 rings (SSSR count). The molecule has 3 heterocycles. The van der Waals surface area contributed by atoms with Gasteiger partial charge in [0.05, 0.1) is 0 Å². The molecule has 2 aromatic rings. The second kappa shape index (κ2) is 5.58. The van der Waals surface area contributed by atoms with Crippen molar-refractivity contribution in [2.24, 2.45) is 5.92 Å². The van der Waals surface area contributed by atoms with Gasteiger partial charge < -0.3 is 14.8 Å². The number of imide groups is 1. The SMILES string of the molecule is CN1C(=O)CN(CC2C[C@@H]3c4cccc5[nH]cc(c45)C[C@H]3N(C)C2)C1=O. The first-order valence-corrected chi connectivity index (χ1v) is 9.37. The average Bonchev–Trinajstić information content (AvgIpc) is 3.14. The van der Waals surface area contributed by atoms with E-state index in [1.165, 1.54) is 26.9 Å². The van der Waals surface area contributed by atoms with E-state index in [1.807, 2.05) is 0 Å². The Labute approximate surface area is 152 Å². The molecule has 136 valence electrons. The summed E-state index contributed by atoms with van der Waals surface area (Å²) in [4.78, 5) is 32.9. The van der Waals surface area contributed by atoms with Crippen molar-refractivity contribution in [2.45, 2.75) is 24.8 Å². The molecule has 6 heteroatoms. The summed E-state index contributed by atoms with van der Waals surface area (Å²) in [5.74, 6) is 0.772. The molecule has 0 bridgehead atoms. The Morgan fingerprint density at radius 2 is 2.08 bits per heavy atom. The van der Waals surface area contributed by atoms with Crippen molar-refractivity contribution < 1.29 is 9.59 Å². The van der Waals surface area contributed by atoms with Crippen LogP contribution in [0.1, 0.15) is 23.5 Å². The highest BCUT2D eigenvalue weighted by Crippen LogP contribution is 2.44. The number of likely N-dealkylation sites (N-methyl/N-ethyl adjacent to an activating group) is 2. The Morgan fingerprint density at radius 3 is 2.85 bits per heavy atom. The van der Waals surface area contributed by atoms with Gasteiger partial charge in [-0.25, -0.2) is 4.79 Å². The molecule has 6 nitrogen and oxygen atoms in total. The molecule has 0 saturated carbocycles. The van der Waals surface area contributed by atoms with Crippen LogP contribution in [0.25, 0.3) is 10.9 Å². The highest BCUT2D eigenvalue weighted by Gasteiger charge is 2.41. The van der Waals surface area contributed by atoms with E-state index in [9.17, 15) is 9.59 Å². The van der Waals surface area contributed by atoms with Crippen molar-refractivity contribution >= 4 is 22.8 Å². The molecule has 1 aliphatic carbocycles. The van der Waals surface area contributed by atoms with Gasteiger partial charge in [0.15, 0.2) is 0 Å². The highest BCUT2D eigenvalue weighted by molar-refractivity contribution is 6.01. The van der Waals surface area contributed by atoms with E-state index in [1.54, 1.807) is 11.9 Å². The zero-order valence-electron chi connectivity index (χ0n) is 15.2. The summed E-state index contributed by atoms with van der Waals surface area (Å²) in [6.07, 6.45) is 4.31. The minimum absolute atomic E-state index is 0.101. The van der Waals surface area contributed by atoms with E-state index < -0.39 is 0 Å². The van der Waals surface area contributed by atoms with Crippen LogP contribution >= 0.6 is 0 Å². The van der Waals surface area contributed by atoms with Crippen LogP contribution in [-0.2, 0) is 11.2 Å². The van der Waals surface area contributed by atoms with E-state index >= 15 is 0 Å². The normalized spacial score (nSPS) is 28.9. The van der Waals surface area contributed by atoms with Crippen molar-refractivity contribution in [1.29, 1.82) is 0 Å². The lowest BCUT2D eigenvalue weighted by atomic mass is 9.72. The van der Waals surface area contributed by atoms with Crippen LogP contribution in [0.5, 0.6) is 0 Å². The first kappa shape index (κ1) is 15.9. The molecule has 1 N–H and O–H groups in total. The number of amides is 3. The van der Waals surface area contributed by atoms with Crippen LogP contribution < -0.4 is 0 Å².